The summed E-state index contributed by atoms with van der Waals surface area (Å²) in [5.41, 5.74) is -0.0325. The van der Waals surface area contributed by atoms with E-state index in [2.05, 4.69) is 10.4 Å². The fourth-order valence-corrected chi connectivity index (χ4v) is 2.33. The highest BCUT2D eigenvalue weighted by molar-refractivity contribution is 7.91. The summed E-state index contributed by atoms with van der Waals surface area (Å²) in [7, 11) is -3.04. The van der Waals surface area contributed by atoms with Crippen LogP contribution in [0, 0.1) is 0 Å². The molecule has 1 rings (SSSR count). The van der Waals surface area contributed by atoms with Crippen molar-refractivity contribution in [2.24, 2.45) is 0 Å². The lowest BCUT2D eigenvalue weighted by molar-refractivity contribution is 0.503. The average molecular weight is 308 g/mol. The van der Waals surface area contributed by atoms with Crippen LogP contribution in [0.15, 0.2) is 11.0 Å². The maximum absolute atomic E-state index is 11.9. The van der Waals surface area contributed by atoms with Crippen molar-refractivity contribution in [3.63, 3.8) is 0 Å². The predicted molar refractivity (Wildman–Crippen MR) is 76.7 cm³/mol. The SMILES string of the molecule is CCS(=O)(=O)CCNc1cnn(C(C)C)c(=O)c1Cl. The van der Waals surface area contributed by atoms with Crippen LogP contribution in [0.2, 0.25) is 5.02 Å². The Bertz CT molecular complexity index is 596. The minimum atomic E-state index is -3.04. The summed E-state index contributed by atoms with van der Waals surface area (Å²) in [5.74, 6) is 0.0860. The third-order valence-electron chi connectivity index (χ3n) is 2.60. The second-order valence-corrected chi connectivity index (χ2v) is 7.23. The summed E-state index contributed by atoms with van der Waals surface area (Å²) in [6.07, 6.45) is 1.43. The number of anilines is 1. The van der Waals surface area contributed by atoms with Crippen LogP contribution in [-0.4, -0.2) is 36.2 Å². The Morgan fingerprint density at radius 2 is 2.11 bits per heavy atom. The van der Waals surface area contributed by atoms with Crippen molar-refractivity contribution in [3.05, 3.63) is 21.6 Å². The molecule has 0 atom stereocenters. The summed E-state index contributed by atoms with van der Waals surface area (Å²) < 4.78 is 23.9. The largest absolute Gasteiger partial charge is 0.381 e. The predicted octanol–water partition coefficient (Wildman–Crippen LogP) is 1.32. The molecule has 1 aromatic heterocycles. The Kier molecular flexibility index (Phi) is 5.37. The number of aromatic nitrogens is 2. The van der Waals surface area contributed by atoms with E-state index in [-0.39, 0.29) is 34.7 Å². The van der Waals surface area contributed by atoms with E-state index in [0.29, 0.717) is 5.69 Å². The molecule has 0 aliphatic carbocycles. The topological polar surface area (TPSA) is 81.1 Å². The Hall–Kier alpha value is -1.08. The van der Waals surface area contributed by atoms with Crippen LogP contribution in [0.3, 0.4) is 0 Å². The average Bonchev–Trinajstić information content (AvgIpc) is 2.34. The fraction of sp³-hybridized carbons (Fsp3) is 0.636. The van der Waals surface area contributed by atoms with E-state index < -0.39 is 9.84 Å². The van der Waals surface area contributed by atoms with Gasteiger partial charge in [0.1, 0.15) is 5.02 Å². The summed E-state index contributed by atoms with van der Waals surface area (Å²) in [6.45, 7) is 5.44. The van der Waals surface area contributed by atoms with Crippen molar-refractivity contribution in [1.82, 2.24) is 9.78 Å². The Labute approximate surface area is 117 Å². The minimum absolute atomic E-state index is 0.00685. The maximum atomic E-state index is 11.9. The highest BCUT2D eigenvalue weighted by atomic mass is 35.5. The number of rotatable bonds is 6. The van der Waals surface area contributed by atoms with E-state index in [9.17, 15) is 13.2 Å². The first-order valence-corrected chi connectivity index (χ1v) is 8.20. The lowest BCUT2D eigenvalue weighted by Gasteiger charge is -2.12. The van der Waals surface area contributed by atoms with Crippen LogP contribution in [0.25, 0.3) is 0 Å². The number of halogens is 1. The van der Waals surface area contributed by atoms with Gasteiger partial charge in [-0.2, -0.15) is 5.10 Å². The van der Waals surface area contributed by atoms with E-state index in [1.165, 1.54) is 10.9 Å². The Balaban J connectivity index is 2.82. The first-order chi connectivity index (χ1) is 8.78. The third-order valence-corrected chi connectivity index (χ3v) is 4.67. The van der Waals surface area contributed by atoms with Crippen LogP contribution in [0.1, 0.15) is 26.8 Å². The lowest BCUT2D eigenvalue weighted by atomic mass is 10.4. The molecule has 0 fully saturated rings. The van der Waals surface area contributed by atoms with Crippen LogP contribution in [-0.2, 0) is 9.84 Å². The zero-order chi connectivity index (χ0) is 14.6. The van der Waals surface area contributed by atoms with Crippen molar-refractivity contribution < 1.29 is 8.42 Å². The molecule has 0 bridgehead atoms. The smallest absolute Gasteiger partial charge is 0.287 e. The Morgan fingerprint density at radius 3 is 2.63 bits per heavy atom. The standard InChI is InChI=1S/C11H18ClN3O3S/c1-4-19(17,18)6-5-13-9-7-14-15(8(2)3)11(16)10(9)12/h7-8,13H,4-6H2,1-3H3. The van der Waals surface area contributed by atoms with Gasteiger partial charge in [-0.05, 0) is 13.8 Å². The number of nitrogens with zero attached hydrogens (tertiary/aromatic N) is 2. The number of nitrogens with one attached hydrogen (secondary N) is 1. The second kappa shape index (κ2) is 6.38. The van der Waals surface area contributed by atoms with Gasteiger partial charge in [0, 0.05) is 12.3 Å². The molecular weight excluding hydrogens is 290 g/mol. The van der Waals surface area contributed by atoms with Crippen LogP contribution in [0.4, 0.5) is 5.69 Å². The maximum Gasteiger partial charge on any atom is 0.287 e. The third kappa shape index (κ3) is 4.21. The molecule has 0 aromatic carbocycles. The van der Waals surface area contributed by atoms with Crippen LogP contribution < -0.4 is 10.9 Å². The summed E-state index contributed by atoms with van der Waals surface area (Å²) >= 11 is 5.94. The van der Waals surface area contributed by atoms with Gasteiger partial charge in [-0.1, -0.05) is 18.5 Å². The van der Waals surface area contributed by atoms with Crippen molar-refractivity contribution in [1.29, 1.82) is 0 Å². The van der Waals surface area contributed by atoms with E-state index in [0.717, 1.165) is 0 Å². The van der Waals surface area contributed by atoms with E-state index in [1.807, 2.05) is 13.8 Å². The monoisotopic (exact) mass is 307 g/mol. The molecule has 0 unspecified atom stereocenters. The van der Waals surface area contributed by atoms with Crippen molar-refractivity contribution in [3.8, 4) is 0 Å². The molecule has 108 valence electrons. The lowest BCUT2D eigenvalue weighted by Crippen LogP contribution is -2.26. The molecule has 0 amide bonds. The first-order valence-electron chi connectivity index (χ1n) is 6.00. The molecule has 0 aliphatic heterocycles. The number of hydrogen-bond acceptors (Lipinski definition) is 5. The molecule has 0 spiro atoms. The zero-order valence-corrected chi connectivity index (χ0v) is 12.8. The molecule has 0 aliphatic rings. The van der Waals surface area contributed by atoms with Crippen molar-refractivity contribution in [2.45, 2.75) is 26.8 Å². The molecule has 1 heterocycles. The van der Waals surface area contributed by atoms with Gasteiger partial charge in [0.25, 0.3) is 5.56 Å². The summed E-state index contributed by atoms with van der Waals surface area (Å²) in [5, 5.41) is 6.83. The van der Waals surface area contributed by atoms with E-state index in [1.54, 1.807) is 6.92 Å². The van der Waals surface area contributed by atoms with Gasteiger partial charge in [-0.3, -0.25) is 4.79 Å². The minimum Gasteiger partial charge on any atom is -0.381 e. The van der Waals surface area contributed by atoms with E-state index in [4.69, 9.17) is 11.6 Å². The van der Waals surface area contributed by atoms with Crippen LogP contribution in [0.5, 0.6) is 0 Å². The van der Waals surface area contributed by atoms with Gasteiger partial charge in [0.15, 0.2) is 9.84 Å². The molecule has 19 heavy (non-hydrogen) atoms. The fourth-order valence-electron chi connectivity index (χ4n) is 1.42. The van der Waals surface area contributed by atoms with Crippen molar-refractivity contribution in [2.75, 3.05) is 23.4 Å². The molecule has 1 N–H and O–H groups in total. The number of sulfone groups is 1. The van der Waals surface area contributed by atoms with Gasteiger partial charge in [0.2, 0.25) is 0 Å². The highest BCUT2D eigenvalue weighted by Gasteiger charge is 2.12. The van der Waals surface area contributed by atoms with Crippen LogP contribution >= 0.6 is 11.6 Å². The number of hydrogen-bond donors (Lipinski definition) is 1. The van der Waals surface area contributed by atoms with Gasteiger partial charge in [0.05, 0.1) is 23.7 Å². The van der Waals surface area contributed by atoms with Crippen molar-refractivity contribution >= 4 is 27.1 Å². The summed E-state index contributed by atoms with van der Waals surface area (Å²) in [6, 6.07) is -0.0838. The van der Waals surface area contributed by atoms with Gasteiger partial charge >= 0.3 is 0 Å². The molecule has 8 heteroatoms. The molecular formula is C11H18ClN3O3S. The normalized spacial score (nSPS) is 11.8. The molecule has 0 saturated carbocycles. The molecule has 6 nitrogen and oxygen atoms in total. The second-order valence-electron chi connectivity index (χ2n) is 4.38. The highest BCUT2D eigenvalue weighted by Crippen LogP contribution is 2.16. The van der Waals surface area contributed by atoms with Gasteiger partial charge in [-0.25, -0.2) is 13.1 Å². The molecule has 0 saturated heterocycles. The van der Waals surface area contributed by atoms with Gasteiger partial charge in [-0.15, -0.1) is 0 Å². The van der Waals surface area contributed by atoms with Gasteiger partial charge < -0.3 is 5.32 Å². The molecule has 1 aromatic rings. The summed E-state index contributed by atoms with van der Waals surface area (Å²) in [4.78, 5) is 11.9. The zero-order valence-electron chi connectivity index (χ0n) is 11.2. The quantitative estimate of drug-likeness (QED) is 0.857. The Morgan fingerprint density at radius 1 is 1.47 bits per heavy atom. The first kappa shape index (κ1) is 16.0. The van der Waals surface area contributed by atoms with E-state index >= 15 is 0 Å². The molecule has 0 radical (unpaired) electrons.